The minimum Gasteiger partial charge on any atom is -0.474 e. The molecule has 1 heterocycles. The summed E-state index contributed by atoms with van der Waals surface area (Å²) in [6.45, 7) is 11.5. The highest BCUT2D eigenvalue weighted by molar-refractivity contribution is 5.48. The molecule has 2 atom stereocenters. The van der Waals surface area contributed by atoms with Gasteiger partial charge in [-0.25, -0.2) is 4.98 Å². The quantitative estimate of drug-likeness (QED) is 0.878. The Labute approximate surface area is 128 Å². The summed E-state index contributed by atoms with van der Waals surface area (Å²) in [6.07, 6.45) is 5.27. The fourth-order valence-corrected chi connectivity index (χ4v) is 2.83. The molecule has 1 N–H and O–H groups in total. The number of anilines is 1. The van der Waals surface area contributed by atoms with Crippen molar-refractivity contribution < 1.29 is 4.74 Å². The van der Waals surface area contributed by atoms with Gasteiger partial charge in [-0.3, -0.25) is 0 Å². The van der Waals surface area contributed by atoms with Crippen molar-refractivity contribution in [2.24, 2.45) is 5.92 Å². The van der Waals surface area contributed by atoms with Crippen molar-refractivity contribution in [1.29, 1.82) is 0 Å². The van der Waals surface area contributed by atoms with Crippen LogP contribution < -0.4 is 10.1 Å². The molecule has 0 saturated heterocycles. The van der Waals surface area contributed by atoms with Crippen LogP contribution in [0.25, 0.3) is 0 Å². The Morgan fingerprint density at radius 3 is 2.57 bits per heavy atom. The summed E-state index contributed by atoms with van der Waals surface area (Å²) in [4.78, 5) is 9.30. The summed E-state index contributed by atoms with van der Waals surface area (Å²) < 4.78 is 6.29. The lowest BCUT2D eigenvalue weighted by Crippen LogP contribution is -2.29. The molecule has 4 nitrogen and oxygen atoms in total. The van der Waals surface area contributed by atoms with Gasteiger partial charge in [0.25, 0.3) is 0 Å². The Balaban J connectivity index is 2.27. The third kappa shape index (κ3) is 3.86. The number of hydrogen-bond acceptors (Lipinski definition) is 4. The summed E-state index contributed by atoms with van der Waals surface area (Å²) in [5.41, 5.74) is 1.03. The first kappa shape index (κ1) is 16.1. The van der Waals surface area contributed by atoms with Crippen LogP contribution in [0.1, 0.15) is 70.7 Å². The minimum absolute atomic E-state index is 0.293. The van der Waals surface area contributed by atoms with Crippen molar-refractivity contribution in [3.05, 3.63) is 11.4 Å². The van der Waals surface area contributed by atoms with Gasteiger partial charge in [0.05, 0.1) is 5.56 Å². The summed E-state index contributed by atoms with van der Waals surface area (Å²) in [5, 5.41) is 3.33. The van der Waals surface area contributed by atoms with E-state index < -0.39 is 0 Å². The Hall–Kier alpha value is -1.32. The maximum atomic E-state index is 6.29. The van der Waals surface area contributed by atoms with Crippen LogP contribution in [0.5, 0.6) is 5.88 Å². The molecule has 2 unspecified atom stereocenters. The van der Waals surface area contributed by atoms with Gasteiger partial charge in [0.15, 0.2) is 0 Å². The summed E-state index contributed by atoms with van der Waals surface area (Å²) in [7, 11) is 0. The van der Waals surface area contributed by atoms with Gasteiger partial charge >= 0.3 is 0 Å². The van der Waals surface area contributed by atoms with Crippen molar-refractivity contribution in [2.45, 2.75) is 72.3 Å². The van der Waals surface area contributed by atoms with Gasteiger partial charge in [0.1, 0.15) is 17.7 Å². The standard InChI is InChI=1S/C17H29N3O/c1-6-18-16-13(5)17(20-15(19-16)11(2)3)21-14-10-8-7-9-12(14)4/h11-12,14H,6-10H2,1-5H3,(H,18,19,20). The second-order valence-electron chi connectivity index (χ2n) is 6.46. The molecule has 0 bridgehead atoms. The van der Waals surface area contributed by atoms with Crippen LogP contribution in [0.3, 0.4) is 0 Å². The average molecular weight is 291 g/mol. The minimum atomic E-state index is 0.293. The molecule has 21 heavy (non-hydrogen) atoms. The zero-order valence-electron chi connectivity index (χ0n) is 14.1. The first-order valence-corrected chi connectivity index (χ1v) is 8.32. The zero-order valence-corrected chi connectivity index (χ0v) is 14.1. The molecular weight excluding hydrogens is 262 g/mol. The van der Waals surface area contributed by atoms with Gasteiger partial charge in [0, 0.05) is 12.5 Å². The van der Waals surface area contributed by atoms with E-state index >= 15 is 0 Å². The van der Waals surface area contributed by atoms with E-state index in [9.17, 15) is 0 Å². The molecule has 1 aromatic heterocycles. The van der Waals surface area contributed by atoms with E-state index in [1.807, 2.05) is 6.92 Å². The summed E-state index contributed by atoms with van der Waals surface area (Å²) in [6, 6.07) is 0. The molecule has 0 amide bonds. The van der Waals surface area contributed by atoms with Crippen LogP contribution in [-0.2, 0) is 0 Å². The highest BCUT2D eigenvalue weighted by Crippen LogP contribution is 2.31. The topological polar surface area (TPSA) is 47.0 Å². The number of ether oxygens (including phenoxy) is 1. The Kier molecular flexibility index (Phi) is 5.43. The van der Waals surface area contributed by atoms with Crippen LogP contribution in [0.4, 0.5) is 5.82 Å². The highest BCUT2D eigenvalue weighted by Gasteiger charge is 2.25. The van der Waals surface area contributed by atoms with Crippen LogP contribution in [0.2, 0.25) is 0 Å². The van der Waals surface area contributed by atoms with E-state index in [4.69, 9.17) is 4.74 Å². The van der Waals surface area contributed by atoms with Gasteiger partial charge in [-0.15, -0.1) is 0 Å². The van der Waals surface area contributed by atoms with Crippen molar-refractivity contribution in [3.63, 3.8) is 0 Å². The molecule has 2 rings (SSSR count). The molecular formula is C17H29N3O. The fraction of sp³-hybridized carbons (Fsp3) is 0.765. The Bertz CT molecular complexity index is 473. The molecule has 1 aliphatic rings. The van der Waals surface area contributed by atoms with E-state index in [2.05, 4.69) is 43.0 Å². The van der Waals surface area contributed by atoms with Gasteiger partial charge in [0.2, 0.25) is 5.88 Å². The van der Waals surface area contributed by atoms with E-state index in [-0.39, 0.29) is 0 Å². The van der Waals surface area contributed by atoms with Gasteiger partial charge in [-0.1, -0.05) is 27.2 Å². The van der Waals surface area contributed by atoms with Gasteiger partial charge in [-0.05, 0) is 39.0 Å². The third-order valence-corrected chi connectivity index (χ3v) is 4.27. The molecule has 4 heteroatoms. The Morgan fingerprint density at radius 1 is 1.24 bits per heavy atom. The maximum absolute atomic E-state index is 6.29. The number of nitrogens with one attached hydrogen (secondary N) is 1. The second kappa shape index (κ2) is 7.10. The van der Waals surface area contributed by atoms with Gasteiger partial charge in [-0.2, -0.15) is 4.98 Å². The second-order valence-corrected chi connectivity index (χ2v) is 6.46. The maximum Gasteiger partial charge on any atom is 0.222 e. The molecule has 0 spiro atoms. The predicted molar refractivity (Wildman–Crippen MR) is 87.1 cm³/mol. The summed E-state index contributed by atoms with van der Waals surface area (Å²) in [5.74, 6) is 3.44. The van der Waals surface area contributed by atoms with E-state index in [0.717, 1.165) is 36.1 Å². The molecule has 0 aromatic carbocycles. The predicted octanol–water partition coefficient (Wildman–Crippen LogP) is 4.30. The van der Waals surface area contributed by atoms with E-state index in [1.165, 1.54) is 19.3 Å². The van der Waals surface area contributed by atoms with Crippen molar-refractivity contribution in [3.8, 4) is 5.88 Å². The number of rotatable bonds is 5. The monoisotopic (exact) mass is 291 g/mol. The first-order chi connectivity index (χ1) is 10.0. The van der Waals surface area contributed by atoms with Crippen molar-refractivity contribution >= 4 is 5.82 Å². The van der Waals surface area contributed by atoms with Crippen LogP contribution in [0.15, 0.2) is 0 Å². The van der Waals surface area contributed by atoms with Crippen LogP contribution >= 0.6 is 0 Å². The third-order valence-electron chi connectivity index (χ3n) is 4.27. The molecule has 0 aliphatic heterocycles. The zero-order chi connectivity index (χ0) is 15.4. The lowest BCUT2D eigenvalue weighted by Gasteiger charge is -2.29. The normalized spacial score (nSPS) is 22.4. The molecule has 1 aliphatic carbocycles. The molecule has 118 valence electrons. The molecule has 1 fully saturated rings. The average Bonchev–Trinajstić information content (AvgIpc) is 2.45. The summed E-state index contributed by atoms with van der Waals surface area (Å²) >= 11 is 0. The highest BCUT2D eigenvalue weighted by atomic mass is 16.5. The SMILES string of the molecule is CCNc1nc(C(C)C)nc(OC2CCCCC2C)c1C. The number of nitrogens with zero attached hydrogens (tertiary/aromatic N) is 2. The lowest BCUT2D eigenvalue weighted by molar-refractivity contribution is 0.0963. The fourth-order valence-electron chi connectivity index (χ4n) is 2.83. The van der Waals surface area contributed by atoms with Crippen molar-refractivity contribution in [1.82, 2.24) is 9.97 Å². The van der Waals surface area contributed by atoms with E-state index in [1.54, 1.807) is 0 Å². The molecule has 1 aromatic rings. The lowest BCUT2D eigenvalue weighted by atomic mass is 9.88. The van der Waals surface area contributed by atoms with Gasteiger partial charge < -0.3 is 10.1 Å². The van der Waals surface area contributed by atoms with Crippen LogP contribution in [-0.4, -0.2) is 22.6 Å². The van der Waals surface area contributed by atoms with Crippen LogP contribution in [0, 0.1) is 12.8 Å². The number of aromatic nitrogens is 2. The first-order valence-electron chi connectivity index (χ1n) is 8.32. The largest absolute Gasteiger partial charge is 0.474 e. The molecule has 0 radical (unpaired) electrons. The van der Waals surface area contributed by atoms with Crippen molar-refractivity contribution in [2.75, 3.05) is 11.9 Å². The molecule has 1 saturated carbocycles. The smallest absolute Gasteiger partial charge is 0.222 e. The Morgan fingerprint density at radius 2 is 1.95 bits per heavy atom. The number of hydrogen-bond donors (Lipinski definition) is 1. The van der Waals surface area contributed by atoms with E-state index in [0.29, 0.717) is 17.9 Å².